The first-order chi connectivity index (χ1) is 20.6. The molecule has 0 N–H and O–H groups in total. The normalized spacial score (nSPS) is 12.1. The van der Waals surface area contributed by atoms with Gasteiger partial charge in [0.1, 0.15) is 0 Å². The Hall–Kier alpha value is -2.15. The Labute approximate surface area is 309 Å². The van der Waals surface area contributed by atoms with Gasteiger partial charge >= 0.3 is 116 Å². The number of hydrogen-bond acceptors (Lipinski definition) is 0. The van der Waals surface area contributed by atoms with Crippen LogP contribution in [0.1, 0.15) is 86.9 Å². The maximum absolute atomic E-state index is 6.00. The van der Waals surface area contributed by atoms with E-state index in [1.54, 1.807) is 0 Å². The summed E-state index contributed by atoms with van der Waals surface area (Å²) in [5, 5.41) is 6.35. The summed E-state index contributed by atoms with van der Waals surface area (Å²) in [5.74, 6) is 0. The van der Waals surface area contributed by atoms with Crippen molar-refractivity contribution in [3.63, 3.8) is 0 Å². The third-order valence-corrected chi connectivity index (χ3v) is 9.70. The molecule has 0 saturated heterocycles. The number of hydrogen-bond donors (Lipinski definition) is 0. The summed E-state index contributed by atoms with van der Waals surface area (Å²) < 4.78 is 1.34. The third-order valence-electron chi connectivity index (χ3n) is 8.05. The SMILES string of the molecule is Cc1cc2[cH-]c3cc(C)c(C(C)(C)C)cc3c2cc1C(C)(C)C.Cc1ccc([C](=[Zr+2])c2cccc(Cl)c2)cc1.[C-]1=CC=CC1.[Cl-].[Cl-]. The van der Waals surface area contributed by atoms with Crippen LogP contribution < -0.4 is 24.8 Å². The van der Waals surface area contributed by atoms with Gasteiger partial charge in [0.15, 0.2) is 0 Å². The fraction of sp³-hybridized carbons (Fsp3) is 0.286. The first-order valence-corrected chi connectivity index (χ1v) is 17.0. The van der Waals surface area contributed by atoms with Crippen LogP contribution in [-0.4, -0.2) is 3.21 Å². The van der Waals surface area contributed by atoms with Crippen LogP contribution in [0.2, 0.25) is 5.02 Å². The van der Waals surface area contributed by atoms with E-state index in [2.05, 4.69) is 135 Å². The van der Waals surface area contributed by atoms with Gasteiger partial charge in [-0.15, -0.1) is 46.2 Å². The van der Waals surface area contributed by atoms with Gasteiger partial charge in [-0.05, 0) is 24.7 Å². The summed E-state index contributed by atoms with van der Waals surface area (Å²) in [5.41, 5.74) is 9.85. The van der Waals surface area contributed by atoms with E-state index in [9.17, 15) is 0 Å². The average molecular weight is 747 g/mol. The van der Waals surface area contributed by atoms with Crippen molar-refractivity contribution < 1.29 is 49.0 Å². The van der Waals surface area contributed by atoms with Gasteiger partial charge in [0.25, 0.3) is 0 Å². The quantitative estimate of drug-likeness (QED) is 0.195. The van der Waals surface area contributed by atoms with E-state index in [1.165, 1.54) is 87.9 Å². The molecule has 4 heteroatoms. The number of allylic oxidation sites excluding steroid dienone is 4. The molecule has 0 fully saturated rings. The minimum atomic E-state index is 0. The maximum Gasteiger partial charge on any atom is -0.109 e. The molecule has 0 amide bonds. The molecule has 0 bridgehead atoms. The van der Waals surface area contributed by atoms with Gasteiger partial charge in [-0.2, -0.15) is 6.08 Å². The van der Waals surface area contributed by atoms with E-state index in [-0.39, 0.29) is 35.6 Å². The minimum absolute atomic E-state index is 0. The largest absolute Gasteiger partial charge is 1.00 e. The van der Waals surface area contributed by atoms with Crippen LogP contribution in [0.25, 0.3) is 21.5 Å². The molecule has 5 aromatic carbocycles. The second-order valence-electron chi connectivity index (χ2n) is 13.9. The Morgan fingerprint density at radius 3 is 1.63 bits per heavy atom. The average Bonchev–Trinajstić information content (AvgIpc) is 3.63. The Balaban J connectivity index is 0.000000278. The number of rotatable bonds is 2. The fourth-order valence-corrected chi connectivity index (χ4v) is 6.80. The van der Waals surface area contributed by atoms with Gasteiger partial charge < -0.3 is 24.8 Å². The molecule has 0 heterocycles. The van der Waals surface area contributed by atoms with Gasteiger partial charge in [-0.3, -0.25) is 6.08 Å². The summed E-state index contributed by atoms with van der Waals surface area (Å²) in [4.78, 5) is 0. The topological polar surface area (TPSA) is 0 Å². The molecule has 0 aliphatic heterocycles. The smallest absolute Gasteiger partial charge is 0.109 e. The molecule has 240 valence electrons. The molecule has 5 aromatic rings. The molecular weight excluding hydrogens is 702 g/mol. The van der Waals surface area contributed by atoms with Crippen LogP contribution in [0.5, 0.6) is 0 Å². The molecule has 0 atom stereocenters. The second kappa shape index (κ2) is 16.8. The molecule has 0 spiro atoms. The van der Waals surface area contributed by atoms with E-state index >= 15 is 0 Å². The van der Waals surface area contributed by atoms with Crippen molar-refractivity contribution in [3.8, 4) is 0 Å². The standard InChI is InChI=1S/C23H29.C14H11Cl.C5H5.2ClH.Zr/c1-14-9-16-11-17-10-15(2)21(23(6,7)8)13-19(17)18(16)12-20(14)22(3,4)5;1-11-5-7-12(8-6-11)9-13-3-2-4-14(15)10-13;1-2-4-5-3-1;;;/h9-13H,1-8H3;2-8,10H,1H3;1-3H,4H2;2*1H;/q-1;;-1;;;+2/p-2. The maximum atomic E-state index is 6.00. The van der Waals surface area contributed by atoms with Crippen LogP contribution in [0, 0.1) is 26.8 Å². The molecule has 0 unspecified atom stereocenters. The molecule has 1 aliphatic rings. The van der Waals surface area contributed by atoms with Crippen molar-refractivity contribution in [2.24, 2.45) is 0 Å². The summed E-state index contributed by atoms with van der Waals surface area (Å²) >= 11 is 7.40. The Morgan fingerprint density at radius 1 is 0.717 bits per heavy atom. The Kier molecular flexibility index (Phi) is 14.6. The second-order valence-corrected chi connectivity index (χ2v) is 15.6. The summed E-state index contributed by atoms with van der Waals surface area (Å²) in [6.07, 6.45) is 10.0. The van der Waals surface area contributed by atoms with Gasteiger partial charge in [0.05, 0.1) is 0 Å². The number of fused-ring (bicyclic) bond motifs is 3. The van der Waals surface area contributed by atoms with Crippen LogP contribution in [0.4, 0.5) is 0 Å². The number of aryl methyl sites for hydroxylation is 3. The first kappa shape index (κ1) is 40.0. The predicted octanol–water partition coefficient (Wildman–Crippen LogP) is 6.00. The summed E-state index contributed by atoms with van der Waals surface area (Å²) in [6, 6.07) is 28.6. The van der Waals surface area contributed by atoms with Gasteiger partial charge in [0, 0.05) is 0 Å². The predicted molar refractivity (Wildman–Crippen MR) is 191 cm³/mol. The van der Waals surface area contributed by atoms with Gasteiger partial charge in [0.2, 0.25) is 0 Å². The molecule has 0 saturated carbocycles. The van der Waals surface area contributed by atoms with Gasteiger partial charge in [-0.1, -0.05) is 75.9 Å². The third kappa shape index (κ3) is 10.2. The molecular formula is C42H45Cl3Zr-2. The van der Waals surface area contributed by atoms with Crippen LogP contribution in [0.15, 0.2) is 97.1 Å². The molecule has 1 aliphatic carbocycles. The van der Waals surface area contributed by atoms with Crippen LogP contribution in [-0.2, 0) is 35.1 Å². The van der Waals surface area contributed by atoms with Crippen molar-refractivity contribution in [1.82, 2.24) is 0 Å². The Bertz CT molecular complexity index is 1760. The van der Waals surface area contributed by atoms with E-state index < -0.39 is 0 Å². The van der Waals surface area contributed by atoms with Crippen LogP contribution in [0.3, 0.4) is 0 Å². The van der Waals surface area contributed by atoms with Crippen molar-refractivity contribution in [2.45, 2.75) is 79.6 Å². The van der Waals surface area contributed by atoms with Crippen molar-refractivity contribution in [3.05, 3.63) is 147 Å². The molecule has 0 radical (unpaired) electrons. The minimum Gasteiger partial charge on any atom is -1.00 e. The van der Waals surface area contributed by atoms with E-state index in [4.69, 9.17) is 11.6 Å². The molecule has 0 aromatic heterocycles. The van der Waals surface area contributed by atoms with E-state index in [0.717, 1.165) is 11.4 Å². The monoisotopic (exact) mass is 744 g/mol. The van der Waals surface area contributed by atoms with Crippen molar-refractivity contribution in [2.75, 3.05) is 0 Å². The molecule has 6 rings (SSSR count). The van der Waals surface area contributed by atoms with Crippen molar-refractivity contribution in [1.29, 1.82) is 0 Å². The van der Waals surface area contributed by atoms with Gasteiger partial charge in [-0.25, -0.2) is 12.2 Å². The van der Waals surface area contributed by atoms with Crippen LogP contribution >= 0.6 is 11.6 Å². The Morgan fingerprint density at radius 2 is 1.24 bits per heavy atom. The first-order valence-electron chi connectivity index (χ1n) is 15.4. The summed E-state index contributed by atoms with van der Waals surface area (Å²) in [6.45, 7) is 20.4. The summed E-state index contributed by atoms with van der Waals surface area (Å²) in [7, 11) is 0. The zero-order valence-corrected chi connectivity index (χ0v) is 33.3. The zero-order chi connectivity index (χ0) is 32.2. The number of benzene rings is 4. The molecule has 0 nitrogen and oxygen atoms in total. The van der Waals surface area contributed by atoms with E-state index in [0.29, 0.717) is 0 Å². The number of halogens is 3. The zero-order valence-electron chi connectivity index (χ0n) is 28.6. The van der Waals surface area contributed by atoms with Crippen molar-refractivity contribution >= 4 is 36.4 Å². The fourth-order valence-electron chi connectivity index (χ4n) is 5.82. The van der Waals surface area contributed by atoms with E-state index in [1.807, 2.05) is 30.4 Å². The molecule has 46 heavy (non-hydrogen) atoms.